The normalized spacial score (nSPS) is 15.9. The van der Waals surface area contributed by atoms with Gasteiger partial charge in [-0.25, -0.2) is 4.79 Å². The van der Waals surface area contributed by atoms with E-state index in [1.165, 1.54) is 4.88 Å². The fourth-order valence-electron chi connectivity index (χ4n) is 3.25. The third kappa shape index (κ3) is 4.78. The number of piperazine rings is 1. The Morgan fingerprint density at radius 1 is 1.15 bits per heavy atom. The molecule has 0 unspecified atom stereocenters. The van der Waals surface area contributed by atoms with E-state index in [0.717, 1.165) is 43.3 Å². The number of carbonyl (C=O) groups is 1. The molecule has 26 heavy (non-hydrogen) atoms. The number of nitrogens with zero attached hydrogens (tertiary/aromatic N) is 2. The standard InChI is InChI=1S/C20H26ClN3OS/c1-20(2,17-7-3-4-8-18(17)21)15-22-19(25)24-11-9-23(10-12-24)14-16-6-5-13-26-16/h3-8,13H,9-12,14-15H2,1-2H3,(H,22,25). The van der Waals surface area contributed by atoms with Crippen LogP contribution in [0.2, 0.25) is 5.02 Å². The average molecular weight is 392 g/mol. The number of halogens is 1. The highest BCUT2D eigenvalue weighted by molar-refractivity contribution is 7.09. The van der Waals surface area contributed by atoms with Gasteiger partial charge in [-0.3, -0.25) is 4.90 Å². The summed E-state index contributed by atoms with van der Waals surface area (Å²) >= 11 is 8.11. The monoisotopic (exact) mass is 391 g/mol. The van der Waals surface area contributed by atoms with E-state index in [1.807, 2.05) is 29.2 Å². The Bertz CT molecular complexity index is 724. The van der Waals surface area contributed by atoms with Crippen LogP contribution in [0, 0.1) is 0 Å². The lowest BCUT2D eigenvalue weighted by molar-refractivity contribution is 0.135. The van der Waals surface area contributed by atoms with E-state index in [1.54, 1.807) is 11.3 Å². The summed E-state index contributed by atoms with van der Waals surface area (Å²) in [5.41, 5.74) is 0.845. The number of nitrogens with one attached hydrogen (secondary N) is 1. The van der Waals surface area contributed by atoms with Crippen molar-refractivity contribution in [2.45, 2.75) is 25.8 Å². The number of carbonyl (C=O) groups excluding carboxylic acids is 1. The molecule has 1 fully saturated rings. The molecule has 4 nitrogen and oxygen atoms in total. The molecule has 0 atom stereocenters. The summed E-state index contributed by atoms with van der Waals surface area (Å²) in [5.74, 6) is 0. The Kier molecular flexibility index (Phi) is 6.22. The minimum atomic E-state index is -0.213. The number of rotatable bonds is 5. The van der Waals surface area contributed by atoms with Gasteiger partial charge >= 0.3 is 6.03 Å². The molecule has 1 aliphatic rings. The van der Waals surface area contributed by atoms with E-state index in [-0.39, 0.29) is 11.4 Å². The van der Waals surface area contributed by atoms with Crippen LogP contribution in [0.4, 0.5) is 4.79 Å². The molecule has 0 radical (unpaired) electrons. The van der Waals surface area contributed by atoms with Crippen LogP contribution in [0.25, 0.3) is 0 Å². The highest BCUT2D eigenvalue weighted by atomic mass is 35.5. The van der Waals surface area contributed by atoms with Crippen LogP contribution in [0.3, 0.4) is 0 Å². The summed E-state index contributed by atoms with van der Waals surface area (Å²) < 4.78 is 0. The molecule has 2 aromatic rings. The van der Waals surface area contributed by atoms with Gasteiger partial charge < -0.3 is 10.2 Å². The zero-order valence-corrected chi connectivity index (χ0v) is 16.9. The first kappa shape index (κ1) is 19.2. The van der Waals surface area contributed by atoms with Crippen molar-refractivity contribution in [3.05, 3.63) is 57.2 Å². The van der Waals surface area contributed by atoms with Crippen molar-refractivity contribution < 1.29 is 4.79 Å². The third-order valence-electron chi connectivity index (χ3n) is 4.90. The van der Waals surface area contributed by atoms with Crippen molar-refractivity contribution in [1.29, 1.82) is 0 Å². The minimum Gasteiger partial charge on any atom is -0.337 e. The topological polar surface area (TPSA) is 35.6 Å². The highest BCUT2D eigenvalue weighted by Crippen LogP contribution is 2.29. The van der Waals surface area contributed by atoms with Crippen LogP contribution < -0.4 is 5.32 Å². The molecule has 0 saturated carbocycles. The van der Waals surface area contributed by atoms with Crippen LogP contribution in [-0.4, -0.2) is 48.6 Å². The van der Waals surface area contributed by atoms with E-state index in [2.05, 4.69) is 41.6 Å². The number of urea groups is 1. The summed E-state index contributed by atoms with van der Waals surface area (Å²) in [4.78, 5) is 18.2. The first-order valence-corrected chi connectivity index (χ1v) is 10.2. The van der Waals surface area contributed by atoms with Gasteiger partial charge in [0.25, 0.3) is 0 Å². The van der Waals surface area contributed by atoms with Gasteiger partial charge in [-0.05, 0) is 23.1 Å². The second-order valence-corrected chi connectivity index (χ2v) is 8.80. The van der Waals surface area contributed by atoms with Crippen molar-refractivity contribution in [2.24, 2.45) is 0 Å². The van der Waals surface area contributed by atoms with E-state index < -0.39 is 0 Å². The number of amides is 2. The van der Waals surface area contributed by atoms with Gasteiger partial charge in [0.1, 0.15) is 0 Å². The molecule has 2 heterocycles. The number of hydrogen-bond acceptors (Lipinski definition) is 3. The Balaban J connectivity index is 1.48. The Morgan fingerprint density at radius 2 is 1.88 bits per heavy atom. The van der Waals surface area contributed by atoms with Gasteiger partial charge in [-0.15, -0.1) is 11.3 Å². The number of hydrogen-bond donors (Lipinski definition) is 1. The first-order chi connectivity index (χ1) is 12.5. The summed E-state index contributed by atoms with van der Waals surface area (Å²) in [6, 6.07) is 12.1. The van der Waals surface area contributed by atoms with E-state index in [9.17, 15) is 4.79 Å². The molecule has 1 aliphatic heterocycles. The molecular weight excluding hydrogens is 366 g/mol. The van der Waals surface area contributed by atoms with Crippen molar-refractivity contribution in [3.63, 3.8) is 0 Å². The maximum Gasteiger partial charge on any atom is 0.317 e. The molecule has 1 aromatic heterocycles. The quantitative estimate of drug-likeness (QED) is 0.828. The van der Waals surface area contributed by atoms with Crippen molar-refractivity contribution in [2.75, 3.05) is 32.7 Å². The third-order valence-corrected chi connectivity index (χ3v) is 6.09. The lowest BCUT2D eigenvalue weighted by Gasteiger charge is -2.35. The second-order valence-electron chi connectivity index (χ2n) is 7.36. The smallest absolute Gasteiger partial charge is 0.317 e. The van der Waals surface area contributed by atoms with Gasteiger partial charge in [-0.2, -0.15) is 0 Å². The Morgan fingerprint density at radius 3 is 2.54 bits per heavy atom. The van der Waals surface area contributed by atoms with Gasteiger partial charge in [0.05, 0.1) is 0 Å². The molecule has 1 saturated heterocycles. The van der Waals surface area contributed by atoms with Crippen LogP contribution in [0.1, 0.15) is 24.3 Å². The Hall–Kier alpha value is -1.56. The van der Waals surface area contributed by atoms with E-state index in [0.29, 0.717) is 6.54 Å². The summed E-state index contributed by atoms with van der Waals surface area (Å²) in [7, 11) is 0. The van der Waals surface area contributed by atoms with Crippen molar-refractivity contribution in [3.8, 4) is 0 Å². The van der Waals surface area contributed by atoms with Gasteiger partial charge in [-0.1, -0.05) is 49.7 Å². The van der Waals surface area contributed by atoms with Crippen molar-refractivity contribution in [1.82, 2.24) is 15.1 Å². The number of thiophene rings is 1. The Labute approximate surface area is 164 Å². The van der Waals surface area contributed by atoms with Crippen molar-refractivity contribution >= 4 is 29.0 Å². The van der Waals surface area contributed by atoms with Crippen LogP contribution >= 0.6 is 22.9 Å². The maximum atomic E-state index is 12.6. The predicted molar refractivity (Wildman–Crippen MR) is 109 cm³/mol. The lowest BCUT2D eigenvalue weighted by atomic mass is 9.84. The molecule has 0 bridgehead atoms. The second kappa shape index (κ2) is 8.42. The molecule has 0 aliphatic carbocycles. The lowest BCUT2D eigenvalue weighted by Crippen LogP contribution is -2.52. The van der Waals surface area contributed by atoms with E-state index in [4.69, 9.17) is 11.6 Å². The first-order valence-electron chi connectivity index (χ1n) is 8.98. The van der Waals surface area contributed by atoms with Gasteiger partial charge in [0, 0.05) is 54.6 Å². The van der Waals surface area contributed by atoms with E-state index >= 15 is 0 Å². The summed E-state index contributed by atoms with van der Waals surface area (Å²) in [5, 5.41) is 5.95. The summed E-state index contributed by atoms with van der Waals surface area (Å²) in [6.07, 6.45) is 0. The molecule has 140 valence electrons. The van der Waals surface area contributed by atoms with Gasteiger partial charge in [0.2, 0.25) is 0 Å². The predicted octanol–water partition coefficient (Wildman–Crippen LogP) is 4.21. The molecule has 1 N–H and O–H groups in total. The molecule has 0 spiro atoms. The molecule has 6 heteroatoms. The zero-order valence-electron chi connectivity index (χ0n) is 15.4. The SMILES string of the molecule is CC(C)(CNC(=O)N1CCN(Cc2cccs2)CC1)c1ccccc1Cl. The highest BCUT2D eigenvalue weighted by Gasteiger charge is 2.26. The summed E-state index contributed by atoms with van der Waals surface area (Å²) in [6.45, 7) is 9.12. The van der Waals surface area contributed by atoms with Crippen LogP contribution in [0.5, 0.6) is 0 Å². The van der Waals surface area contributed by atoms with Crippen LogP contribution in [-0.2, 0) is 12.0 Å². The molecule has 1 aromatic carbocycles. The molecule has 3 rings (SSSR count). The fourth-order valence-corrected chi connectivity index (χ4v) is 4.38. The average Bonchev–Trinajstić information content (AvgIpc) is 3.14. The van der Waals surface area contributed by atoms with Crippen LogP contribution in [0.15, 0.2) is 41.8 Å². The largest absolute Gasteiger partial charge is 0.337 e. The minimum absolute atomic E-state index is 0.0147. The molecular formula is C20H26ClN3OS. The maximum absolute atomic E-state index is 12.6. The zero-order chi connectivity index (χ0) is 18.6. The molecule has 2 amide bonds. The fraction of sp³-hybridized carbons (Fsp3) is 0.450. The number of benzene rings is 1. The van der Waals surface area contributed by atoms with Gasteiger partial charge in [0.15, 0.2) is 0 Å².